The molecular formula is C21H14N4. The molecule has 0 radical (unpaired) electrons. The molecule has 2 aromatic carbocycles. The molecule has 2 heterocycles. The van der Waals surface area contributed by atoms with Crippen LogP contribution < -0.4 is 5.73 Å². The number of nitrogen functional groups attached to an aromatic ring is 1. The maximum absolute atomic E-state index is 9.47. The monoisotopic (exact) mass is 322 g/mol. The molecule has 25 heavy (non-hydrogen) atoms. The zero-order chi connectivity index (χ0) is 17.2. The van der Waals surface area contributed by atoms with Gasteiger partial charge in [0.25, 0.3) is 0 Å². The summed E-state index contributed by atoms with van der Waals surface area (Å²) in [5.74, 6) is 0.229. The first-order valence-electron chi connectivity index (χ1n) is 7.86. The molecule has 4 nitrogen and oxygen atoms in total. The molecule has 0 amide bonds. The van der Waals surface area contributed by atoms with Crippen LogP contribution in [0.1, 0.15) is 5.56 Å². The van der Waals surface area contributed by atoms with Gasteiger partial charge in [-0.25, -0.2) is 4.98 Å². The summed E-state index contributed by atoms with van der Waals surface area (Å²) in [6.45, 7) is 0. The summed E-state index contributed by atoms with van der Waals surface area (Å²) in [6, 6.07) is 22.1. The molecule has 0 fully saturated rings. The first-order chi connectivity index (χ1) is 12.3. The second-order valence-electron chi connectivity index (χ2n) is 5.73. The summed E-state index contributed by atoms with van der Waals surface area (Å²) in [4.78, 5) is 8.58. The van der Waals surface area contributed by atoms with E-state index in [1.165, 1.54) is 5.39 Å². The third kappa shape index (κ3) is 2.68. The van der Waals surface area contributed by atoms with Crippen molar-refractivity contribution >= 4 is 16.6 Å². The molecule has 0 saturated carbocycles. The van der Waals surface area contributed by atoms with Gasteiger partial charge < -0.3 is 5.73 Å². The van der Waals surface area contributed by atoms with Crippen LogP contribution in [0, 0.1) is 11.3 Å². The molecule has 0 unspecified atom stereocenters. The Morgan fingerprint density at radius 3 is 2.48 bits per heavy atom. The lowest BCUT2D eigenvalue weighted by Crippen LogP contribution is -2.00. The number of pyridine rings is 2. The fraction of sp³-hybridized carbons (Fsp3) is 0. The van der Waals surface area contributed by atoms with Crippen molar-refractivity contribution in [2.24, 2.45) is 0 Å². The van der Waals surface area contributed by atoms with Crippen molar-refractivity contribution in [2.75, 3.05) is 5.73 Å². The molecular weight excluding hydrogens is 308 g/mol. The van der Waals surface area contributed by atoms with Gasteiger partial charge in [-0.05, 0) is 29.0 Å². The predicted octanol–water partition coefficient (Wildman–Crippen LogP) is 4.42. The summed E-state index contributed by atoms with van der Waals surface area (Å²) in [6.07, 6.45) is 3.42. The third-order valence-corrected chi connectivity index (χ3v) is 4.18. The van der Waals surface area contributed by atoms with E-state index in [0.29, 0.717) is 5.56 Å². The maximum Gasteiger partial charge on any atom is 0.142 e. The molecule has 0 aliphatic rings. The summed E-state index contributed by atoms with van der Waals surface area (Å²) in [7, 11) is 0. The average molecular weight is 322 g/mol. The van der Waals surface area contributed by atoms with Gasteiger partial charge in [0.2, 0.25) is 0 Å². The van der Waals surface area contributed by atoms with E-state index in [9.17, 15) is 5.26 Å². The quantitative estimate of drug-likeness (QED) is 0.593. The lowest BCUT2D eigenvalue weighted by atomic mass is 9.98. The van der Waals surface area contributed by atoms with Gasteiger partial charge in [0.1, 0.15) is 17.5 Å². The molecule has 0 aliphatic carbocycles. The van der Waals surface area contributed by atoms with Crippen molar-refractivity contribution in [3.05, 3.63) is 78.6 Å². The second-order valence-corrected chi connectivity index (χ2v) is 5.73. The van der Waals surface area contributed by atoms with Gasteiger partial charge >= 0.3 is 0 Å². The average Bonchev–Trinajstić information content (AvgIpc) is 2.67. The van der Waals surface area contributed by atoms with Gasteiger partial charge in [-0.15, -0.1) is 0 Å². The van der Waals surface area contributed by atoms with E-state index in [2.05, 4.69) is 40.3 Å². The van der Waals surface area contributed by atoms with E-state index >= 15 is 0 Å². The largest absolute Gasteiger partial charge is 0.383 e. The van der Waals surface area contributed by atoms with Crippen LogP contribution in [0.4, 0.5) is 5.82 Å². The smallest absolute Gasteiger partial charge is 0.142 e. The van der Waals surface area contributed by atoms with E-state index < -0.39 is 0 Å². The van der Waals surface area contributed by atoms with E-state index in [-0.39, 0.29) is 5.82 Å². The van der Waals surface area contributed by atoms with Gasteiger partial charge in [-0.2, -0.15) is 5.26 Å². The molecule has 0 bridgehead atoms. The summed E-state index contributed by atoms with van der Waals surface area (Å²) < 4.78 is 0. The van der Waals surface area contributed by atoms with Crippen molar-refractivity contribution < 1.29 is 0 Å². The maximum atomic E-state index is 9.47. The highest BCUT2D eigenvalue weighted by Gasteiger charge is 2.13. The molecule has 0 saturated heterocycles. The number of nitriles is 1. The van der Waals surface area contributed by atoms with Crippen LogP contribution in [0.25, 0.3) is 33.2 Å². The number of rotatable bonds is 2. The molecule has 0 aliphatic heterocycles. The van der Waals surface area contributed by atoms with E-state index in [1.807, 2.05) is 36.4 Å². The third-order valence-electron chi connectivity index (χ3n) is 4.18. The predicted molar refractivity (Wildman–Crippen MR) is 99.5 cm³/mol. The Morgan fingerprint density at radius 1 is 0.880 bits per heavy atom. The summed E-state index contributed by atoms with van der Waals surface area (Å²) >= 11 is 0. The molecule has 118 valence electrons. The fourth-order valence-electron chi connectivity index (χ4n) is 2.93. The number of nitrogens with zero attached hydrogens (tertiary/aromatic N) is 3. The molecule has 2 aromatic heterocycles. The lowest BCUT2D eigenvalue weighted by molar-refractivity contribution is 1.29. The molecule has 0 spiro atoms. The standard InChI is InChI=1S/C21H14N4/c22-12-19-18(17-6-3-9-24-13-17)11-20(25-21(19)23)16-8-7-14-4-1-2-5-15(14)10-16/h1-11,13H,(H2,23,25). The SMILES string of the molecule is N#Cc1c(-c2cccnc2)cc(-c2ccc3ccccc3c2)nc1N. The molecule has 4 aromatic rings. The Bertz CT molecular complexity index is 1110. The molecule has 0 atom stereocenters. The first kappa shape index (κ1) is 14.9. The highest BCUT2D eigenvalue weighted by Crippen LogP contribution is 2.31. The highest BCUT2D eigenvalue weighted by atomic mass is 14.8. The molecule has 4 rings (SSSR count). The van der Waals surface area contributed by atoms with E-state index in [1.54, 1.807) is 12.4 Å². The van der Waals surface area contributed by atoms with Crippen molar-refractivity contribution in [3.63, 3.8) is 0 Å². The van der Waals surface area contributed by atoms with Crippen LogP contribution >= 0.6 is 0 Å². The number of anilines is 1. The number of hydrogen-bond acceptors (Lipinski definition) is 4. The van der Waals surface area contributed by atoms with Crippen molar-refractivity contribution in [1.29, 1.82) is 5.26 Å². The van der Waals surface area contributed by atoms with Gasteiger partial charge in [0.05, 0.1) is 5.69 Å². The number of nitrogens with two attached hydrogens (primary N) is 1. The fourth-order valence-corrected chi connectivity index (χ4v) is 2.93. The van der Waals surface area contributed by atoms with Crippen LogP contribution in [0.3, 0.4) is 0 Å². The summed E-state index contributed by atoms with van der Waals surface area (Å²) in [5.41, 5.74) is 9.72. The lowest BCUT2D eigenvalue weighted by Gasteiger charge is -2.10. The Labute approximate surface area is 145 Å². The van der Waals surface area contributed by atoms with Crippen LogP contribution in [0.15, 0.2) is 73.1 Å². The number of benzene rings is 2. The second kappa shape index (κ2) is 6.06. The Morgan fingerprint density at radius 2 is 1.72 bits per heavy atom. The number of aromatic nitrogens is 2. The van der Waals surface area contributed by atoms with E-state index in [0.717, 1.165) is 27.8 Å². The number of fused-ring (bicyclic) bond motifs is 1. The van der Waals surface area contributed by atoms with Crippen molar-refractivity contribution in [2.45, 2.75) is 0 Å². The zero-order valence-electron chi connectivity index (χ0n) is 13.3. The first-order valence-corrected chi connectivity index (χ1v) is 7.86. The van der Waals surface area contributed by atoms with E-state index in [4.69, 9.17) is 5.73 Å². The van der Waals surface area contributed by atoms with Crippen LogP contribution in [0.2, 0.25) is 0 Å². The molecule has 2 N–H and O–H groups in total. The number of hydrogen-bond donors (Lipinski definition) is 1. The van der Waals surface area contributed by atoms with Gasteiger partial charge in [0.15, 0.2) is 0 Å². The van der Waals surface area contributed by atoms with Crippen LogP contribution in [-0.4, -0.2) is 9.97 Å². The zero-order valence-corrected chi connectivity index (χ0v) is 13.3. The minimum absolute atomic E-state index is 0.229. The van der Waals surface area contributed by atoms with Crippen molar-refractivity contribution in [1.82, 2.24) is 9.97 Å². The Balaban J connectivity index is 1.93. The topological polar surface area (TPSA) is 75.6 Å². The van der Waals surface area contributed by atoms with Crippen LogP contribution in [-0.2, 0) is 0 Å². The van der Waals surface area contributed by atoms with Crippen LogP contribution in [0.5, 0.6) is 0 Å². The normalized spacial score (nSPS) is 10.5. The van der Waals surface area contributed by atoms with Crippen molar-refractivity contribution in [3.8, 4) is 28.5 Å². The van der Waals surface area contributed by atoms with Gasteiger partial charge in [0, 0.05) is 29.1 Å². The minimum atomic E-state index is 0.229. The van der Waals surface area contributed by atoms with Gasteiger partial charge in [-0.3, -0.25) is 4.98 Å². The Hall–Kier alpha value is -3.71. The summed E-state index contributed by atoms with van der Waals surface area (Å²) in [5, 5.41) is 11.8. The molecule has 4 heteroatoms. The van der Waals surface area contributed by atoms with Gasteiger partial charge in [-0.1, -0.05) is 42.5 Å². The minimum Gasteiger partial charge on any atom is -0.383 e. The Kier molecular flexibility index (Phi) is 3.60. The highest BCUT2D eigenvalue weighted by molar-refractivity contribution is 5.88.